The summed E-state index contributed by atoms with van der Waals surface area (Å²) in [6, 6.07) is 7.52. The van der Waals surface area contributed by atoms with Crippen LogP contribution in [0.15, 0.2) is 34.9 Å². The third-order valence-electron chi connectivity index (χ3n) is 4.50. The molecule has 1 fully saturated rings. The zero-order valence-corrected chi connectivity index (χ0v) is 17.7. The Bertz CT molecular complexity index is 1050. The van der Waals surface area contributed by atoms with Crippen molar-refractivity contribution in [1.29, 1.82) is 0 Å². The maximum absolute atomic E-state index is 5.35. The van der Waals surface area contributed by atoms with E-state index in [0.717, 1.165) is 15.9 Å². The van der Waals surface area contributed by atoms with Crippen LogP contribution in [0.25, 0.3) is 0 Å². The zero-order valence-electron chi connectivity index (χ0n) is 16.1. The average Bonchev–Trinajstić information content (AvgIpc) is 3.48. The van der Waals surface area contributed by atoms with Crippen LogP contribution in [0.1, 0.15) is 24.5 Å². The van der Waals surface area contributed by atoms with Gasteiger partial charge in [0.25, 0.3) is 5.69 Å². The molecule has 1 aliphatic rings. The van der Waals surface area contributed by atoms with Crippen LogP contribution >= 0.6 is 15.9 Å². The summed E-state index contributed by atoms with van der Waals surface area (Å²) >= 11 is 3.48. The molecule has 4 rings (SSSR count). The monoisotopic (exact) mass is 458 g/mol. The molecule has 0 radical (unpaired) electrons. The summed E-state index contributed by atoms with van der Waals surface area (Å²) in [5.41, 5.74) is 2.60. The van der Waals surface area contributed by atoms with Gasteiger partial charge >= 0.3 is 0 Å². The van der Waals surface area contributed by atoms with Crippen LogP contribution < -0.4 is 15.4 Å². The van der Waals surface area contributed by atoms with Crippen molar-refractivity contribution in [1.82, 2.24) is 20.2 Å². The Kier molecular flexibility index (Phi) is 5.34. The van der Waals surface area contributed by atoms with Crippen molar-refractivity contribution in [2.45, 2.75) is 18.8 Å². The lowest BCUT2D eigenvalue weighted by atomic mass is 10.2. The fourth-order valence-corrected chi connectivity index (χ4v) is 3.08. The van der Waals surface area contributed by atoms with E-state index in [0.29, 0.717) is 34.9 Å². The molecule has 3 N–H and O–H groups in total. The summed E-state index contributed by atoms with van der Waals surface area (Å²) in [6.07, 6.45) is 4.10. The molecule has 9 nitrogen and oxygen atoms in total. The summed E-state index contributed by atoms with van der Waals surface area (Å²) in [5.74, 6) is 2.99. The minimum Gasteiger partial charge on any atom is -0.496 e. The minimum atomic E-state index is 0.417. The SMILES string of the molecule is C=[N+](OC)c1cc(Nc2ncc(Br)c(Nc3cc(C4CC4)[nH]n3)n2)cc(OC)c1. The Morgan fingerprint density at radius 2 is 2.03 bits per heavy atom. The highest BCUT2D eigenvalue weighted by Gasteiger charge is 2.25. The highest BCUT2D eigenvalue weighted by Crippen LogP contribution is 2.40. The van der Waals surface area contributed by atoms with E-state index in [4.69, 9.17) is 9.57 Å². The number of aromatic nitrogens is 4. The molecule has 2 aromatic heterocycles. The number of benzene rings is 1. The maximum Gasteiger partial charge on any atom is 0.262 e. The Hall–Kier alpha value is -3.14. The van der Waals surface area contributed by atoms with Crippen LogP contribution in [0, 0.1) is 0 Å². The number of anilines is 4. The Morgan fingerprint density at radius 1 is 1.21 bits per heavy atom. The second-order valence-corrected chi connectivity index (χ2v) is 7.46. The number of nitrogens with one attached hydrogen (secondary N) is 3. The predicted octanol–water partition coefficient (Wildman–Crippen LogP) is 4.24. The van der Waals surface area contributed by atoms with Crippen molar-refractivity contribution in [3.8, 4) is 5.75 Å². The van der Waals surface area contributed by atoms with Gasteiger partial charge < -0.3 is 15.4 Å². The fraction of sp³-hybridized carbons (Fsp3) is 0.263. The van der Waals surface area contributed by atoms with Crippen molar-refractivity contribution in [3.63, 3.8) is 0 Å². The van der Waals surface area contributed by atoms with Gasteiger partial charge in [-0.25, -0.2) is 4.98 Å². The molecule has 1 aliphatic carbocycles. The Labute approximate surface area is 176 Å². The second kappa shape index (κ2) is 8.08. The van der Waals surface area contributed by atoms with E-state index in [-0.39, 0.29) is 0 Å². The first-order valence-corrected chi connectivity index (χ1v) is 9.80. The van der Waals surface area contributed by atoms with E-state index in [1.165, 1.54) is 17.6 Å². The molecule has 0 unspecified atom stereocenters. The zero-order chi connectivity index (χ0) is 20.4. The lowest BCUT2D eigenvalue weighted by Gasteiger charge is -2.10. The molecule has 10 heteroatoms. The first-order chi connectivity index (χ1) is 14.1. The molecular formula is C19H21BrN7O2+. The molecule has 1 saturated carbocycles. The van der Waals surface area contributed by atoms with Crippen LogP contribution in [-0.2, 0) is 4.84 Å². The Balaban J connectivity index is 1.56. The molecular weight excluding hydrogens is 438 g/mol. The fourth-order valence-electron chi connectivity index (χ4n) is 2.79. The molecule has 150 valence electrons. The van der Waals surface area contributed by atoms with E-state index >= 15 is 0 Å². The topological polar surface area (TPSA) is 100.0 Å². The van der Waals surface area contributed by atoms with Crippen LogP contribution in [0.3, 0.4) is 0 Å². The summed E-state index contributed by atoms with van der Waals surface area (Å²) in [6.45, 7) is 3.81. The quantitative estimate of drug-likeness (QED) is 0.263. The third-order valence-corrected chi connectivity index (χ3v) is 5.08. The third kappa shape index (κ3) is 4.48. The largest absolute Gasteiger partial charge is 0.496 e. The van der Waals surface area contributed by atoms with E-state index in [2.05, 4.69) is 53.4 Å². The summed E-state index contributed by atoms with van der Waals surface area (Å²) < 4.78 is 7.47. The van der Waals surface area contributed by atoms with Gasteiger partial charge in [0.1, 0.15) is 12.9 Å². The minimum absolute atomic E-state index is 0.417. The normalized spacial score (nSPS) is 13.1. The number of aromatic amines is 1. The van der Waals surface area contributed by atoms with Gasteiger partial charge in [0, 0.05) is 40.7 Å². The molecule has 0 saturated heterocycles. The molecule has 1 aromatic carbocycles. The summed E-state index contributed by atoms with van der Waals surface area (Å²) in [4.78, 5) is 14.0. The number of rotatable bonds is 8. The van der Waals surface area contributed by atoms with Crippen LogP contribution in [-0.4, -0.2) is 45.8 Å². The van der Waals surface area contributed by atoms with Gasteiger partial charge in [-0.15, -0.1) is 0 Å². The Morgan fingerprint density at radius 3 is 2.76 bits per heavy atom. The van der Waals surface area contributed by atoms with Crippen molar-refractivity contribution in [2.24, 2.45) is 0 Å². The van der Waals surface area contributed by atoms with Gasteiger partial charge in [-0.1, -0.05) is 0 Å². The molecule has 0 atom stereocenters. The van der Waals surface area contributed by atoms with Crippen molar-refractivity contribution < 1.29 is 14.3 Å². The first kappa shape index (κ1) is 19.2. The molecule has 29 heavy (non-hydrogen) atoms. The van der Waals surface area contributed by atoms with Gasteiger partial charge in [-0.2, -0.15) is 10.1 Å². The number of ether oxygens (including phenoxy) is 1. The van der Waals surface area contributed by atoms with Crippen LogP contribution in [0.2, 0.25) is 0 Å². The van der Waals surface area contributed by atoms with Gasteiger partial charge in [-0.05, 0) is 28.8 Å². The summed E-state index contributed by atoms with van der Waals surface area (Å²) in [7, 11) is 3.14. The molecule has 3 aromatic rings. The van der Waals surface area contributed by atoms with E-state index < -0.39 is 0 Å². The van der Waals surface area contributed by atoms with Gasteiger partial charge in [0.15, 0.2) is 18.4 Å². The lowest BCUT2D eigenvalue weighted by Crippen LogP contribution is -2.04. The van der Waals surface area contributed by atoms with Crippen LogP contribution in [0.4, 0.5) is 29.0 Å². The molecule has 0 spiro atoms. The van der Waals surface area contributed by atoms with Crippen molar-refractivity contribution >= 4 is 51.6 Å². The smallest absolute Gasteiger partial charge is 0.262 e. The maximum atomic E-state index is 5.35. The number of nitrogens with zero attached hydrogens (tertiary/aromatic N) is 4. The summed E-state index contributed by atoms with van der Waals surface area (Å²) in [5, 5.41) is 13.8. The number of hydrogen-bond donors (Lipinski definition) is 3. The standard InChI is InChI=1S/C19H21BrN7O2/c1-27(29-3)13-6-12(7-14(8-13)28-2)22-19-21-10-15(20)18(24-19)23-17-9-16(25-26-17)11-4-5-11/h6-11H,1,4-5H2,2-3H3,(H3,21,22,23,24,25,26)/q+1. The van der Waals surface area contributed by atoms with Gasteiger partial charge in [-0.3, -0.25) is 9.94 Å². The average molecular weight is 459 g/mol. The highest BCUT2D eigenvalue weighted by atomic mass is 79.9. The molecule has 0 aliphatic heterocycles. The molecule has 0 amide bonds. The highest BCUT2D eigenvalue weighted by molar-refractivity contribution is 9.10. The van der Waals surface area contributed by atoms with E-state index in [1.807, 2.05) is 24.3 Å². The van der Waals surface area contributed by atoms with E-state index in [9.17, 15) is 0 Å². The predicted molar refractivity (Wildman–Crippen MR) is 114 cm³/mol. The first-order valence-electron chi connectivity index (χ1n) is 9.01. The second-order valence-electron chi connectivity index (χ2n) is 6.60. The van der Waals surface area contributed by atoms with Gasteiger partial charge in [0.05, 0.1) is 23.3 Å². The lowest BCUT2D eigenvalue weighted by molar-refractivity contribution is -0.714. The van der Waals surface area contributed by atoms with Crippen LogP contribution in [0.5, 0.6) is 5.75 Å². The number of halogens is 1. The number of methoxy groups -OCH3 is 1. The van der Waals surface area contributed by atoms with E-state index in [1.54, 1.807) is 20.4 Å². The number of H-pyrrole nitrogens is 1. The van der Waals surface area contributed by atoms with Crippen molar-refractivity contribution in [2.75, 3.05) is 24.9 Å². The van der Waals surface area contributed by atoms with Crippen molar-refractivity contribution in [3.05, 3.63) is 40.6 Å². The number of hydrogen-bond acceptors (Lipinski definition) is 7. The van der Waals surface area contributed by atoms with Gasteiger partial charge in [0.2, 0.25) is 5.95 Å². The molecule has 2 heterocycles. The molecule has 0 bridgehead atoms.